The van der Waals surface area contributed by atoms with Gasteiger partial charge in [-0.1, -0.05) is 12.1 Å². The third kappa shape index (κ3) is 1.75. The number of pyridine rings is 1. The van der Waals surface area contributed by atoms with E-state index >= 15 is 0 Å². The topological polar surface area (TPSA) is 12.9 Å². The monoisotopic (exact) mass is 201 g/mol. The molecule has 0 N–H and O–H groups in total. The SMILES string of the molecule is Cc1ccc(-c2ccncc2)c(C)c1F. The zero-order valence-electron chi connectivity index (χ0n) is 8.79. The molecule has 0 radical (unpaired) electrons. The summed E-state index contributed by atoms with van der Waals surface area (Å²) in [7, 11) is 0. The van der Waals surface area contributed by atoms with Crippen molar-refractivity contribution >= 4 is 0 Å². The molecular formula is C13H12FN. The van der Waals surface area contributed by atoms with Crippen LogP contribution in [0.15, 0.2) is 36.7 Å². The van der Waals surface area contributed by atoms with Gasteiger partial charge < -0.3 is 0 Å². The Hall–Kier alpha value is -1.70. The standard InChI is InChI=1S/C13H12FN/c1-9-3-4-12(10(2)13(9)14)11-5-7-15-8-6-11/h3-8H,1-2H3. The van der Waals surface area contributed by atoms with Gasteiger partial charge in [-0.3, -0.25) is 4.98 Å². The van der Waals surface area contributed by atoms with Gasteiger partial charge in [0.1, 0.15) is 5.82 Å². The van der Waals surface area contributed by atoms with Crippen LogP contribution in [-0.2, 0) is 0 Å². The van der Waals surface area contributed by atoms with Crippen molar-refractivity contribution in [2.24, 2.45) is 0 Å². The van der Waals surface area contributed by atoms with Gasteiger partial charge in [0.2, 0.25) is 0 Å². The third-order valence-electron chi connectivity index (χ3n) is 2.57. The molecule has 1 aromatic heterocycles. The normalized spacial score (nSPS) is 10.3. The van der Waals surface area contributed by atoms with E-state index in [0.717, 1.165) is 11.1 Å². The predicted molar refractivity (Wildman–Crippen MR) is 59.1 cm³/mol. The molecule has 0 spiro atoms. The summed E-state index contributed by atoms with van der Waals surface area (Å²) in [5.41, 5.74) is 3.31. The van der Waals surface area contributed by atoms with Crippen LogP contribution in [0.5, 0.6) is 0 Å². The molecule has 1 aromatic carbocycles. The Labute approximate surface area is 88.6 Å². The minimum atomic E-state index is -0.121. The molecule has 76 valence electrons. The first-order valence-corrected chi connectivity index (χ1v) is 4.86. The Kier molecular flexibility index (Phi) is 2.50. The molecule has 0 aliphatic heterocycles. The number of hydrogen-bond acceptors (Lipinski definition) is 1. The van der Waals surface area contributed by atoms with E-state index < -0.39 is 0 Å². The van der Waals surface area contributed by atoms with Crippen LogP contribution in [0, 0.1) is 19.7 Å². The van der Waals surface area contributed by atoms with Crippen molar-refractivity contribution in [3.05, 3.63) is 53.6 Å². The van der Waals surface area contributed by atoms with Crippen molar-refractivity contribution < 1.29 is 4.39 Å². The lowest BCUT2D eigenvalue weighted by Gasteiger charge is -2.08. The fourth-order valence-corrected chi connectivity index (χ4v) is 1.66. The molecule has 1 nitrogen and oxygen atoms in total. The van der Waals surface area contributed by atoms with E-state index in [0.29, 0.717) is 11.1 Å². The second-order valence-corrected chi connectivity index (χ2v) is 3.60. The highest BCUT2D eigenvalue weighted by atomic mass is 19.1. The molecular weight excluding hydrogens is 189 g/mol. The van der Waals surface area contributed by atoms with Gasteiger partial charge in [0.15, 0.2) is 0 Å². The lowest BCUT2D eigenvalue weighted by molar-refractivity contribution is 0.610. The molecule has 0 aliphatic carbocycles. The largest absolute Gasteiger partial charge is 0.265 e. The average Bonchev–Trinajstić information content (AvgIpc) is 2.27. The zero-order valence-corrected chi connectivity index (χ0v) is 8.79. The third-order valence-corrected chi connectivity index (χ3v) is 2.57. The number of rotatable bonds is 1. The predicted octanol–water partition coefficient (Wildman–Crippen LogP) is 3.50. The van der Waals surface area contributed by atoms with Gasteiger partial charge in [-0.05, 0) is 48.2 Å². The molecule has 2 heteroatoms. The first-order chi connectivity index (χ1) is 7.20. The van der Waals surface area contributed by atoms with Crippen LogP contribution in [-0.4, -0.2) is 4.98 Å². The summed E-state index contributed by atoms with van der Waals surface area (Å²) in [5, 5.41) is 0. The van der Waals surface area contributed by atoms with E-state index in [2.05, 4.69) is 4.98 Å². The van der Waals surface area contributed by atoms with Gasteiger partial charge >= 0.3 is 0 Å². The highest BCUT2D eigenvalue weighted by Crippen LogP contribution is 2.25. The second-order valence-electron chi connectivity index (χ2n) is 3.60. The molecule has 0 bridgehead atoms. The Morgan fingerprint density at radius 2 is 1.67 bits per heavy atom. The maximum atomic E-state index is 13.7. The summed E-state index contributed by atoms with van der Waals surface area (Å²) >= 11 is 0. The van der Waals surface area contributed by atoms with Crippen molar-refractivity contribution in [3.63, 3.8) is 0 Å². The maximum absolute atomic E-state index is 13.7. The lowest BCUT2D eigenvalue weighted by Crippen LogP contribution is -1.91. The number of hydrogen-bond donors (Lipinski definition) is 0. The van der Waals surface area contributed by atoms with Gasteiger partial charge in [-0.25, -0.2) is 4.39 Å². The van der Waals surface area contributed by atoms with Crippen molar-refractivity contribution in [1.82, 2.24) is 4.98 Å². The highest BCUT2D eigenvalue weighted by Gasteiger charge is 2.07. The van der Waals surface area contributed by atoms with Crippen LogP contribution in [0.1, 0.15) is 11.1 Å². The molecule has 0 fully saturated rings. The van der Waals surface area contributed by atoms with Crippen LogP contribution in [0.2, 0.25) is 0 Å². The molecule has 15 heavy (non-hydrogen) atoms. The lowest BCUT2D eigenvalue weighted by atomic mass is 9.99. The van der Waals surface area contributed by atoms with Crippen molar-refractivity contribution in [2.45, 2.75) is 13.8 Å². The van der Waals surface area contributed by atoms with E-state index in [1.807, 2.05) is 18.2 Å². The molecule has 0 unspecified atom stereocenters. The molecule has 0 saturated heterocycles. The summed E-state index contributed by atoms with van der Waals surface area (Å²) in [6, 6.07) is 7.52. The van der Waals surface area contributed by atoms with Crippen LogP contribution < -0.4 is 0 Å². The second kappa shape index (κ2) is 3.81. The summed E-state index contributed by atoms with van der Waals surface area (Å²) in [4.78, 5) is 3.95. The number of aryl methyl sites for hydroxylation is 1. The minimum absolute atomic E-state index is 0.121. The first kappa shape index (κ1) is 9.84. The van der Waals surface area contributed by atoms with Crippen LogP contribution >= 0.6 is 0 Å². The van der Waals surface area contributed by atoms with Crippen LogP contribution in [0.25, 0.3) is 11.1 Å². The zero-order chi connectivity index (χ0) is 10.8. The van der Waals surface area contributed by atoms with Gasteiger partial charge in [0.25, 0.3) is 0 Å². The summed E-state index contributed by atoms with van der Waals surface area (Å²) in [5.74, 6) is -0.121. The summed E-state index contributed by atoms with van der Waals surface area (Å²) in [6.45, 7) is 3.58. The Morgan fingerprint density at radius 3 is 2.33 bits per heavy atom. The van der Waals surface area contributed by atoms with Crippen LogP contribution in [0.4, 0.5) is 4.39 Å². The average molecular weight is 201 g/mol. The van der Waals surface area contributed by atoms with E-state index in [1.165, 1.54) is 0 Å². The Balaban J connectivity index is 2.60. The number of aromatic nitrogens is 1. The van der Waals surface area contributed by atoms with Crippen LogP contribution in [0.3, 0.4) is 0 Å². The molecule has 0 saturated carbocycles. The number of halogens is 1. The molecule has 2 rings (SSSR count). The van der Waals surface area contributed by atoms with Crippen molar-refractivity contribution in [1.29, 1.82) is 0 Å². The number of nitrogens with zero attached hydrogens (tertiary/aromatic N) is 1. The first-order valence-electron chi connectivity index (χ1n) is 4.86. The van der Waals surface area contributed by atoms with Crippen molar-refractivity contribution in [3.8, 4) is 11.1 Å². The summed E-state index contributed by atoms with van der Waals surface area (Å²) < 4.78 is 13.7. The van der Waals surface area contributed by atoms with Gasteiger partial charge in [0.05, 0.1) is 0 Å². The van der Waals surface area contributed by atoms with Crippen molar-refractivity contribution in [2.75, 3.05) is 0 Å². The Bertz CT molecular complexity index is 477. The van der Waals surface area contributed by atoms with E-state index in [4.69, 9.17) is 0 Å². The molecule has 0 aliphatic rings. The molecule has 2 aromatic rings. The smallest absolute Gasteiger partial charge is 0.129 e. The Morgan fingerprint density at radius 1 is 1.00 bits per heavy atom. The fourth-order valence-electron chi connectivity index (χ4n) is 1.66. The van der Waals surface area contributed by atoms with E-state index in [-0.39, 0.29) is 5.82 Å². The molecule has 1 heterocycles. The minimum Gasteiger partial charge on any atom is -0.265 e. The molecule has 0 amide bonds. The van der Waals surface area contributed by atoms with E-state index in [1.54, 1.807) is 32.3 Å². The van der Waals surface area contributed by atoms with Gasteiger partial charge in [-0.15, -0.1) is 0 Å². The maximum Gasteiger partial charge on any atom is 0.129 e. The highest BCUT2D eigenvalue weighted by molar-refractivity contribution is 5.67. The number of benzene rings is 1. The van der Waals surface area contributed by atoms with E-state index in [9.17, 15) is 4.39 Å². The fraction of sp³-hybridized carbons (Fsp3) is 0.154. The van der Waals surface area contributed by atoms with Gasteiger partial charge in [0, 0.05) is 12.4 Å². The molecule has 0 atom stereocenters. The van der Waals surface area contributed by atoms with Gasteiger partial charge in [-0.2, -0.15) is 0 Å². The quantitative estimate of drug-likeness (QED) is 0.688. The summed E-state index contributed by atoms with van der Waals surface area (Å²) in [6.07, 6.45) is 3.43.